The average Bonchev–Trinajstić information content (AvgIpc) is 3.67. The molecule has 38 heavy (non-hydrogen) atoms. The minimum atomic E-state index is -3.59. The lowest BCUT2D eigenvalue weighted by atomic mass is 10.1. The van der Waals surface area contributed by atoms with Gasteiger partial charge in [0.25, 0.3) is 10.0 Å². The van der Waals surface area contributed by atoms with E-state index in [2.05, 4.69) is 51.1 Å². The topological polar surface area (TPSA) is 37.4 Å². The molecule has 0 spiro atoms. The van der Waals surface area contributed by atoms with Crippen molar-refractivity contribution in [3.63, 3.8) is 0 Å². The molecule has 0 bridgehead atoms. The van der Waals surface area contributed by atoms with Gasteiger partial charge < -0.3 is 0 Å². The molecule has 0 aliphatic carbocycles. The second-order valence-corrected chi connectivity index (χ2v) is 16.7. The number of fused-ring (bicyclic) bond motifs is 3. The summed E-state index contributed by atoms with van der Waals surface area (Å²) in [4.78, 5) is 9.57. The Morgan fingerprint density at radius 2 is 1.16 bits per heavy atom. The second kappa shape index (κ2) is 12.4. The van der Waals surface area contributed by atoms with E-state index in [1.54, 1.807) is 49.7 Å². The van der Waals surface area contributed by atoms with Gasteiger partial charge in [0.05, 0.1) is 15.4 Å². The first kappa shape index (κ1) is 28.1. The molecule has 1 aliphatic rings. The van der Waals surface area contributed by atoms with Crippen molar-refractivity contribution < 1.29 is 8.42 Å². The first-order valence-corrected chi connectivity index (χ1v) is 18.5. The largest absolute Gasteiger partial charge is 0.265 e. The molecule has 4 aromatic heterocycles. The number of nitrogens with zero attached hydrogens (tertiary/aromatic N) is 1. The van der Waals surface area contributed by atoms with E-state index in [1.807, 2.05) is 6.07 Å². The summed E-state index contributed by atoms with van der Waals surface area (Å²) in [6.45, 7) is 7.03. The van der Waals surface area contributed by atoms with Crippen LogP contribution in [0, 0.1) is 13.8 Å². The molecule has 0 radical (unpaired) electrons. The molecule has 0 N–H and O–H groups in total. The lowest BCUT2D eigenvalue weighted by Crippen LogP contribution is -2.34. The Bertz CT molecular complexity index is 1470. The molecule has 0 fully saturated rings. The zero-order chi connectivity index (χ0) is 26.7. The highest BCUT2D eigenvalue weighted by atomic mass is 32.2. The third kappa shape index (κ3) is 5.99. The maximum absolute atomic E-state index is 14.0. The lowest BCUT2D eigenvalue weighted by Gasteiger charge is -2.28. The minimum Gasteiger partial charge on any atom is -0.265 e. The molecular weight excluding hydrogens is 567 g/mol. The normalized spacial score (nSPS) is 14.1. The van der Waals surface area contributed by atoms with Crippen LogP contribution in [0.3, 0.4) is 0 Å². The predicted octanol–water partition coefficient (Wildman–Crippen LogP) is 11.0. The molecule has 204 valence electrons. The van der Waals surface area contributed by atoms with Gasteiger partial charge in [0.1, 0.15) is 4.90 Å². The number of rotatable bonds is 13. The Labute approximate surface area is 244 Å². The van der Waals surface area contributed by atoms with E-state index < -0.39 is 10.0 Å². The van der Waals surface area contributed by atoms with Crippen molar-refractivity contribution in [2.75, 3.05) is 10.8 Å². The Hall–Kier alpha value is -1.45. The maximum atomic E-state index is 14.0. The van der Waals surface area contributed by atoms with E-state index in [-0.39, 0.29) is 0 Å². The van der Waals surface area contributed by atoms with Gasteiger partial charge in [-0.1, -0.05) is 64.7 Å². The molecule has 0 saturated heterocycles. The van der Waals surface area contributed by atoms with Gasteiger partial charge in [0.2, 0.25) is 0 Å². The molecule has 0 saturated carbocycles. The summed E-state index contributed by atoms with van der Waals surface area (Å²) >= 11 is 6.87. The van der Waals surface area contributed by atoms with Crippen LogP contribution >= 0.6 is 45.3 Å². The summed E-state index contributed by atoms with van der Waals surface area (Å²) in [7, 11) is -3.59. The number of unbranched alkanes of at least 4 members (excludes halogenated alkanes) is 9. The van der Waals surface area contributed by atoms with Gasteiger partial charge in [-0.2, -0.15) is 0 Å². The summed E-state index contributed by atoms with van der Waals surface area (Å²) in [5.74, 6) is 0. The highest BCUT2D eigenvalue weighted by Crippen LogP contribution is 2.55. The van der Waals surface area contributed by atoms with Crippen molar-refractivity contribution in [2.45, 2.75) is 89.9 Å². The Morgan fingerprint density at radius 3 is 1.71 bits per heavy atom. The number of anilines is 1. The van der Waals surface area contributed by atoms with Gasteiger partial charge >= 0.3 is 0 Å². The van der Waals surface area contributed by atoms with Crippen molar-refractivity contribution in [1.29, 1.82) is 0 Å². The fourth-order valence-electron chi connectivity index (χ4n) is 5.06. The molecule has 0 aromatic carbocycles. The van der Waals surface area contributed by atoms with Crippen LogP contribution in [-0.4, -0.2) is 15.0 Å². The SMILES string of the molecule is CCCCCCCCCCCCN1c2cc(-c3ccc(C)s3)sc2-c2sc(-c3ccc(C)s3)cc2S1(=O)=O. The van der Waals surface area contributed by atoms with Crippen LogP contribution in [0.4, 0.5) is 5.69 Å². The smallest absolute Gasteiger partial charge is 0.265 e. The van der Waals surface area contributed by atoms with Crippen molar-refractivity contribution in [3.8, 4) is 29.3 Å². The van der Waals surface area contributed by atoms with Crippen molar-refractivity contribution >= 4 is 61.1 Å². The fraction of sp³-hybridized carbons (Fsp3) is 0.467. The van der Waals surface area contributed by atoms with Crippen LogP contribution in [0.2, 0.25) is 0 Å². The molecule has 0 unspecified atom stereocenters. The van der Waals surface area contributed by atoms with Gasteiger partial charge in [-0.25, -0.2) is 8.42 Å². The van der Waals surface area contributed by atoms with Crippen LogP contribution in [0.15, 0.2) is 41.3 Å². The van der Waals surface area contributed by atoms with E-state index in [0.717, 1.165) is 42.9 Å². The van der Waals surface area contributed by atoms with E-state index in [9.17, 15) is 8.42 Å². The van der Waals surface area contributed by atoms with Gasteiger partial charge in [-0.05, 0) is 56.7 Å². The van der Waals surface area contributed by atoms with E-state index in [1.165, 1.54) is 66.0 Å². The molecule has 3 nitrogen and oxygen atoms in total. The van der Waals surface area contributed by atoms with E-state index in [0.29, 0.717) is 11.4 Å². The molecule has 0 amide bonds. The van der Waals surface area contributed by atoms with Crippen molar-refractivity contribution in [2.24, 2.45) is 0 Å². The summed E-state index contributed by atoms with van der Waals surface area (Å²) in [6.07, 6.45) is 12.4. The van der Waals surface area contributed by atoms with E-state index in [4.69, 9.17) is 0 Å². The van der Waals surface area contributed by atoms with Crippen molar-refractivity contribution in [3.05, 3.63) is 46.2 Å². The molecule has 5 rings (SSSR count). The minimum absolute atomic E-state index is 0.485. The van der Waals surface area contributed by atoms with Crippen LogP contribution in [0.5, 0.6) is 0 Å². The second-order valence-electron chi connectivity index (χ2n) is 10.2. The zero-order valence-corrected chi connectivity index (χ0v) is 26.6. The summed E-state index contributed by atoms with van der Waals surface area (Å²) < 4.78 is 29.7. The van der Waals surface area contributed by atoms with Crippen molar-refractivity contribution in [1.82, 2.24) is 0 Å². The summed E-state index contributed by atoms with van der Waals surface area (Å²) in [5.41, 5.74) is 0.871. The molecule has 5 heterocycles. The van der Waals surface area contributed by atoms with Gasteiger partial charge in [0, 0.05) is 35.8 Å². The van der Waals surface area contributed by atoms with Crippen LogP contribution < -0.4 is 4.31 Å². The molecule has 0 atom stereocenters. The van der Waals surface area contributed by atoms with Crippen LogP contribution in [0.1, 0.15) is 80.9 Å². The third-order valence-electron chi connectivity index (χ3n) is 7.13. The predicted molar refractivity (Wildman–Crippen MR) is 170 cm³/mol. The van der Waals surface area contributed by atoms with E-state index >= 15 is 0 Å². The number of thiophene rings is 4. The fourth-order valence-corrected chi connectivity index (χ4v) is 11.6. The Morgan fingerprint density at radius 1 is 0.632 bits per heavy atom. The van der Waals surface area contributed by atoms with Crippen LogP contribution in [-0.2, 0) is 10.0 Å². The van der Waals surface area contributed by atoms with Gasteiger partial charge in [0.15, 0.2) is 0 Å². The third-order valence-corrected chi connectivity index (χ3v) is 13.9. The Balaban J connectivity index is 1.36. The first-order valence-electron chi connectivity index (χ1n) is 13.8. The highest BCUT2D eigenvalue weighted by Gasteiger charge is 2.38. The van der Waals surface area contributed by atoms with Gasteiger partial charge in [-0.3, -0.25) is 4.31 Å². The zero-order valence-electron chi connectivity index (χ0n) is 22.5. The summed E-state index contributed by atoms with van der Waals surface area (Å²) in [5, 5.41) is 0. The Kier molecular flexibility index (Phi) is 9.15. The number of sulfonamides is 1. The van der Waals surface area contributed by atoms with Gasteiger partial charge in [-0.15, -0.1) is 45.3 Å². The highest BCUT2D eigenvalue weighted by molar-refractivity contribution is 7.93. The number of hydrogen-bond donors (Lipinski definition) is 0. The first-order chi connectivity index (χ1) is 18.4. The quantitative estimate of drug-likeness (QED) is 0.143. The molecule has 1 aliphatic heterocycles. The average molecular weight is 604 g/mol. The maximum Gasteiger partial charge on any atom is 0.265 e. The summed E-state index contributed by atoms with van der Waals surface area (Å²) in [6, 6.07) is 12.6. The molecule has 8 heteroatoms. The number of aryl methyl sites for hydroxylation is 2. The lowest BCUT2D eigenvalue weighted by molar-refractivity contribution is 0.555. The standard InChI is InChI=1S/C30H37NO2S5/c1-4-5-6-7-8-9-10-11-12-13-18-31-23-19-26(24-16-14-21(2)34-24)36-29(23)30-28(38(31,32)33)20-27(37-30)25-17-15-22(3)35-25/h14-17,19-20H,4-13,18H2,1-3H3. The molecule has 4 aromatic rings. The number of hydrogen-bond acceptors (Lipinski definition) is 6. The monoisotopic (exact) mass is 603 g/mol. The van der Waals surface area contributed by atoms with Crippen LogP contribution in [0.25, 0.3) is 29.3 Å². The molecular formula is C30H37NO2S5.